The van der Waals surface area contributed by atoms with Gasteiger partial charge >= 0.3 is 6.85 Å². The molecule has 0 aliphatic carbocycles. The van der Waals surface area contributed by atoms with Crippen LogP contribution in [-0.4, -0.2) is 18.7 Å². The Balaban J connectivity index is 2.25. The number of hydrogen-bond acceptors (Lipinski definition) is 1. The SMILES string of the molecule is CC1=c2ccccc2=CN(C)B1c1cccc[n+]1C. The van der Waals surface area contributed by atoms with E-state index in [1.807, 2.05) is 0 Å². The molecule has 3 rings (SSSR count). The van der Waals surface area contributed by atoms with E-state index < -0.39 is 0 Å². The van der Waals surface area contributed by atoms with E-state index in [0.717, 1.165) is 0 Å². The van der Waals surface area contributed by atoms with Gasteiger partial charge in [0.15, 0.2) is 11.8 Å². The van der Waals surface area contributed by atoms with Gasteiger partial charge in [0.2, 0.25) is 0 Å². The van der Waals surface area contributed by atoms with Crippen LogP contribution in [0.15, 0.2) is 48.7 Å². The number of aromatic nitrogens is 1. The summed E-state index contributed by atoms with van der Waals surface area (Å²) in [7, 11) is 4.26. The van der Waals surface area contributed by atoms with Gasteiger partial charge in [0, 0.05) is 6.07 Å². The number of hydrogen-bond donors (Lipinski definition) is 0. The van der Waals surface area contributed by atoms with Gasteiger partial charge in [-0.15, -0.1) is 0 Å². The number of aryl methyl sites for hydroxylation is 1. The summed E-state index contributed by atoms with van der Waals surface area (Å²) in [6.45, 7) is 2.54. The lowest BCUT2D eigenvalue weighted by Gasteiger charge is -2.25. The quantitative estimate of drug-likeness (QED) is 0.501. The second kappa shape index (κ2) is 4.58. The largest absolute Gasteiger partial charge is 0.410 e. The summed E-state index contributed by atoms with van der Waals surface area (Å²) in [5, 5.41) is 2.66. The molecule has 2 nitrogen and oxygen atoms in total. The van der Waals surface area contributed by atoms with Gasteiger partial charge in [-0.3, -0.25) is 0 Å². The molecule has 1 aromatic carbocycles. The molecule has 0 amide bonds. The molecule has 1 aliphatic rings. The van der Waals surface area contributed by atoms with E-state index in [-0.39, 0.29) is 0 Å². The Morgan fingerprint density at radius 1 is 1.05 bits per heavy atom. The normalized spacial score (nSPS) is 14.2. The van der Waals surface area contributed by atoms with Gasteiger partial charge in [0.25, 0.3) is 0 Å². The van der Waals surface area contributed by atoms with Crippen molar-refractivity contribution in [3.8, 4) is 0 Å². The van der Waals surface area contributed by atoms with Crippen molar-refractivity contribution in [2.75, 3.05) is 7.05 Å². The first kappa shape index (κ1) is 12.0. The lowest BCUT2D eigenvalue weighted by Crippen LogP contribution is -2.62. The predicted octanol–water partition coefficient (Wildman–Crippen LogP) is -0.197. The molecular formula is C16H18BN2+. The summed E-state index contributed by atoms with van der Waals surface area (Å²) < 4.78 is 2.20. The fourth-order valence-electron chi connectivity index (χ4n) is 2.97. The standard InChI is InChI=1S/C16H18BN2/c1-13-15-9-5-4-8-14(15)12-19(3)17(13)16-10-6-7-11-18(16)2/h4-12H,1-3H3/q+1. The second-order valence-electron chi connectivity index (χ2n) is 5.20. The maximum absolute atomic E-state index is 2.30. The van der Waals surface area contributed by atoms with Crippen LogP contribution in [0.1, 0.15) is 6.92 Å². The number of nitrogens with zero attached hydrogens (tertiary/aromatic N) is 2. The fourth-order valence-corrected chi connectivity index (χ4v) is 2.97. The van der Waals surface area contributed by atoms with Crippen molar-refractivity contribution in [3.05, 3.63) is 59.1 Å². The first-order valence-electron chi connectivity index (χ1n) is 6.62. The van der Waals surface area contributed by atoms with Crippen LogP contribution in [-0.2, 0) is 7.05 Å². The first-order valence-corrected chi connectivity index (χ1v) is 6.62. The Morgan fingerprint density at radius 2 is 1.79 bits per heavy atom. The van der Waals surface area contributed by atoms with Crippen molar-refractivity contribution in [1.29, 1.82) is 0 Å². The van der Waals surface area contributed by atoms with E-state index in [1.54, 1.807) is 0 Å². The summed E-state index contributed by atoms with van der Waals surface area (Å²) in [6, 6.07) is 15.0. The molecule has 0 saturated heterocycles. The molecule has 0 unspecified atom stereocenters. The topological polar surface area (TPSA) is 7.12 Å². The maximum Gasteiger partial charge on any atom is 0.399 e. The van der Waals surface area contributed by atoms with E-state index in [4.69, 9.17) is 0 Å². The van der Waals surface area contributed by atoms with Crippen molar-refractivity contribution in [3.63, 3.8) is 0 Å². The molecule has 0 fully saturated rings. The molecule has 1 aromatic heterocycles. The Bertz CT molecular complexity index is 736. The third-order valence-corrected chi connectivity index (χ3v) is 3.92. The number of benzene rings is 1. The van der Waals surface area contributed by atoms with Crippen LogP contribution in [0.5, 0.6) is 0 Å². The van der Waals surface area contributed by atoms with Gasteiger partial charge in [-0.1, -0.05) is 35.8 Å². The van der Waals surface area contributed by atoms with E-state index in [9.17, 15) is 0 Å². The third kappa shape index (κ3) is 1.95. The lowest BCUT2D eigenvalue weighted by atomic mass is 9.50. The minimum absolute atomic E-state index is 0.307. The monoisotopic (exact) mass is 249 g/mol. The highest BCUT2D eigenvalue weighted by Crippen LogP contribution is 2.06. The molecule has 0 spiro atoms. The van der Waals surface area contributed by atoms with Crippen LogP contribution in [0, 0.1) is 0 Å². The van der Waals surface area contributed by atoms with Gasteiger partial charge in [-0.05, 0) is 36.7 Å². The zero-order valence-electron chi connectivity index (χ0n) is 11.7. The Kier molecular flexibility index (Phi) is 2.90. The molecule has 19 heavy (non-hydrogen) atoms. The zero-order valence-corrected chi connectivity index (χ0v) is 11.7. The smallest absolute Gasteiger partial charge is 0.399 e. The Morgan fingerprint density at radius 3 is 2.58 bits per heavy atom. The van der Waals surface area contributed by atoms with Gasteiger partial charge in [0.05, 0.1) is 0 Å². The van der Waals surface area contributed by atoms with E-state index >= 15 is 0 Å². The summed E-state index contributed by atoms with van der Waals surface area (Å²) >= 11 is 0. The average Bonchev–Trinajstić information content (AvgIpc) is 2.41. The molecular weight excluding hydrogens is 231 g/mol. The second-order valence-corrected chi connectivity index (χ2v) is 5.20. The summed E-state index contributed by atoms with van der Waals surface area (Å²) in [5.41, 5.74) is 2.72. The highest BCUT2D eigenvalue weighted by atomic mass is 15.0. The Labute approximate surface area is 114 Å². The van der Waals surface area contributed by atoms with Gasteiger partial charge < -0.3 is 4.81 Å². The molecule has 0 saturated carbocycles. The fraction of sp³-hybridized carbons (Fsp3) is 0.188. The Hall–Kier alpha value is -2.03. The van der Waals surface area contributed by atoms with Crippen molar-refractivity contribution >= 4 is 24.1 Å². The zero-order chi connectivity index (χ0) is 13.4. The summed E-state index contributed by atoms with van der Waals surface area (Å²) in [4.78, 5) is 2.30. The number of fused-ring (bicyclic) bond motifs is 1. The summed E-state index contributed by atoms with van der Waals surface area (Å²) in [6.07, 6.45) is 4.34. The van der Waals surface area contributed by atoms with Crippen LogP contribution in [0.3, 0.4) is 0 Å². The third-order valence-electron chi connectivity index (χ3n) is 3.92. The highest BCUT2D eigenvalue weighted by Gasteiger charge is 2.33. The van der Waals surface area contributed by atoms with Crippen molar-refractivity contribution in [2.45, 2.75) is 6.92 Å². The van der Waals surface area contributed by atoms with Crippen LogP contribution < -0.4 is 20.6 Å². The van der Waals surface area contributed by atoms with Gasteiger partial charge in [-0.2, -0.15) is 0 Å². The van der Waals surface area contributed by atoms with Crippen LogP contribution >= 0.6 is 0 Å². The average molecular weight is 249 g/mol. The van der Waals surface area contributed by atoms with Crippen molar-refractivity contribution < 1.29 is 4.57 Å². The predicted molar refractivity (Wildman–Crippen MR) is 80.0 cm³/mol. The first-order chi connectivity index (χ1) is 9.18. The molecule has 0 N–H and O–H groups in total. The molecule has 1 aliphatic heterocycles. The number of rotatable bonds is 1. The molecule has 3 heteroatoms. The minimum Gasteiger partial charge on any atom is -0.410 e. The lowest BCUT2D eigenvalue weighted by molar-refractivity contribution is -0.654. The molecule has 0 radical (unpaired) electrons. The van der Waals surface area contributed by atoms with Crippen molar-refractivity contribution in [1.82, 2.24) is 4.81 Å². The maximum atomic E-state index is 2.30. The van der Waals surface area contributed by atoms with Gasteiger partial charge in [-0.25, -0.2) is 4.57 Å². The molecule has 2 heterocycles. The van der Waals surface area contributed by atoms with E-state index in [0.29, 0.717) is 6.85 Å². The minimum atomic E-state index is 0.307. The van der Waals surface area contributed by atoms with E-state index in [2.05, 4.69) is 85.3 Å². The van der Waals surface area contributed by atoms with Crippen LogP contribution in [0.4, 0.5) is 0 Å². The molecule has 0 atom stereocenters. The summed E-state index contributed by atoms with van der Waals surface area (Å²) in [5.74, 6) is 0. The highest BCUT2D eigenvalue weighted by molar-refractivity contribution is 6.85. The number of pyridine rings is 1. The van der Waals surface area contributed by atoms with Crippen LogP contribution in [0.2, 0.25) is 0 Å². The molecule has 0 bridgehead atoms. The van der Waals surface area contributed by atoms with Crippen LogP contribution in [0.25, 0.3) is 11.7 Å². The van der Waals surface area contributed by atoms with E-state index in [1.165, 1.54) is 21.5 Å². The van der Waals surface area contributed by atoms with Gasteiger partial charge in [0.1, 0.15) is 7.05 Å². The molecule has 94 valence electrons. The van der Waals surface area contributed by atoms with Crippen molar-refractivity contribution in [2.24, 2.45) is 7.05 Å². The molecule has 2 aromatic rings.